The molecule has 0 spiro atoms. The van der Waals surface area contributed by atoms with Crippen molar-refractivity contribution >= 4 is 12.6 Å². The first-order chi connectivity index (χ1) is 8.58. The lowest BCUT2D eigenvalue weighted by Crippen LogP contribution is -2.37. The number of hydrogen-bond acceptors (Lipinski definition) is 5. The minimum absolute atomic E-state index is 0.0814. The smallest absolute Gasteiger partial charge is 0.330 e. The van der Waals surface area contributed by atoms with Gasteiger partial charge in [-0.15, -0.1) is 0 Å². The molecule has 1 aromatic rings. The van der Waals surface area contributed by atoms with E-state index in [4.69, 9.17) is 9.47 Å². The maximum absolute atomic E-state index is 11.7. The number of nitrogens with zero attached hydrogens (tertiary/aromatic N) is 1. The fraction of sp³-hybridized carbons (Fsp3) is 0.636. The molecule has 4 atom stereocenters. The van der Waals surface area contributed by atoms with E-state index in [1.165, 1.54) is 16.8 Å². The summed E-state index contributed by atoms with van der Waals surface area (Å²) >= 11 is 4.47. The van der Waals surface area contributed by atoms with Crippen molar-refractivity contribution in [2.45, 2.75) is 37.0 Å². The maximum atomic E-state index is 11.7. The molecule has 2 heterocycles. The maximum Gasteiger partial charge on any atom is 0.330 e. The molecule has 0 bridgehead atoms. The number of aromatic nitrogens is 2. The number of thiol groups is 1. The molecule has 1 aliphatic rings. The van der Waals surface area contributed by atoms with E-state index in [1.54, 1.807) is 7.11 Å². The van der Waals surface area contributed by atoms with Crippen molar-refractivity contribution < 1.29 is 9.47 Å². The van der Waals surface area contributed by atoms with Crippen LogP contribution < -0.4 is 11.2 Å². The quantitative estimate of drug-likeness (QED) is 0.769. The third-order valence-electron chi connectivity index (χ3n) is 3.11. The van der Waals surface area contributed by atoms with Crippen molar-refractivity contribution in [3.63, 3.8) is 0 Å². The van der Waals surface area contributed by atoms with Gasteiger partial charge in [-0.1, -0.05) is 6.92 Å². The standard InChI is InChI=1S/C11H16N2O4S/c1-3-6-9(18)8(16-2)10(17-6)13-5-4-7(14)12-11(13)15/h4-6,8-10,18H,3H2,1-2H3,(H,12,14,15)/t6-,8-,9-,10-/m1/s1. The SMILES string of the molecule is CC[C@H]1O[C@@H](n2ccc(=O)[nH]c2=O)[C@H](OC)[C@@H]1S. The van der Waals surface area contributed by atoms with Gasteiger partial charge >= 0.3 is 5.69 Å². The lowest BCUT2D eigenvalue weighted by molar-refractivity contribution is -0.0526. The molecule has 2 rings (SSSR count). The average Bonchev–Trinajstić information content (AvgIpc) is 2.65. The average molecular weight is 272 g/mol. The lowest BCUT2D eigenvalue weighted by atomic mass is 10.1. The van der Waals surface area contributed by atoms with Crippen molar-refractivity contribution in [2.24, 2.45) is 0 Å². The summed E-state index contributed by atoms with van der Waals surface area (Å²) in [5, 5.41) is -0.108. The molecule has 0 amide bonds. The van der Waals surface area contributed by atoms with Gasteiger partial charge in [0.15, 0.2) is 6.23 Å². The first-order valence-electron chi connectivity index (χ1n) is 5.76. The van der Waals surface area contributed by atoms with Gasteiger partial charge < -0.3 is 9.47 Å². The van der Waals surface area contributed by atoms with Gasteiger partial charge in [-0.3, -0.25) is 14.3 Å². The Morgan fingerprint density at radius 2 is 2.28 bits per heavy atom. The monoisotopic (exact) mass is 272 g/mol. The first kappa shape index (κ1) is 13.4. The van der Waals surface area contributed by atoms with Crippen LogP contribution in [-0.2, 0) is 9.47 Å². The van der Waals surface area contributed by atoms with Crippen LogP contribution in [0.1, 0.15) is 19.6 Å². The Morgan fingerprint density at radius 1 is 1.56 bits per heavy atom. The van der Waals surface area contributed by atoms with Crippen LogP contribution in [-0.4, -0.2) is 34.1 Å². The number of aromatic amines is 1. The molecular weight excluding hydrogens is 256 g/mol. The summed E-state index contributed by atoms with van der Waals surface area (Å²) in [5.74, 6) is 0. The zero-order valence-corrected chi connectivity index (χ0v) is 11.1. The minimum Gasteiger partial charge on any atom is -0.375 e. The van der Waals surface area contributed by atoms with E-state index in [2.05, 4.69) is 17.6 Å². The van der Waals surface area contributed by atoms with E-state index in [0.717, 1.165) is 6.42 Å². The van der Waals surface area contributed by atoms with Crippen LogP contribution in [0.3, 0.4) is 0 Å². The molecule has 1 aliphatic heterocycles. The van der Waals surface area contributed by atoms with Crippen molar-refractivity contribution in [1.29, 1.82) is 0 Å². The summed E-state index contributed by atoms with van der Waals surface area (Å²) < 4.78 is 12.5. The van der Waals surface area contributed by atoms with Crippen LogP contribution in [0.4, 0.5) is 0 Å². The molecule has 1 fully saturated rings. The van der Waals surface area contributed by atoms with Crippen LogP contribution in [0.25, 0.3) is 0 Å². The van der Waals surface area contributed by atoms with Gasteiger partial charge in [-0.05, 0) is 6.42 Å². The van der Waals surface area contributed by atoms with Gasteiger partial charge in [0.1, 0.15) is 6.10 Å². The summed E-state index contributed by atoms with van der Waals surface area (Å²) in [6.45, 7) is 1.98. The van der Waals surface area contributed by atoms with Crippen molar-refractivity contribution in [3.05, 3.63) is 33.1 Å². The highest BCUT2D eigenvalue weighted by atomic mass is 32.1. The predicted molar refractivity (Wildman–Crippen MR) is 69.1 cm³/mol. The van der Waals surface area contributed by atoms with Gasteiger partial charge in [0.25, 0.3) is 5.56 Å². The van der Waals surface area contributed by atoms with E-state index < -0.39 is 17.5 Å². The number of H-pyrrole nitrogens is 1. The summed E-state index contributed by atoms with van der Waals surface area (Å²) in [7, 11) is 1.55. The highest BCUT2D eigenvalue weighted by Crippen LogP contribution is 2.34. The third kappa shape index (κ3) is 2.25. The van der Waals surface area contributed by atoms with E-state index in [-0.39, 0.29) is 17.5 Å². The second-order valence-electron chi connectivity index (χ2n) is 4.18. The number of rotatable bonds is 3. The topological polar surface area (TPSA) is 73.3 Å². The zero-order valence-electron chi connectivity index (χ0n) is 10.2. The van der Waals surface area contributed by atoms with Gasteiger partial charge in [0.05, 0.1) is 11.4 Å². The molecule has 6 nitrogen and oxygen atoms in total. The Bertz CT molecular complexity index is 526. The van der Waals surface area contributed by atoms with Gasteiger partial charge in [0, 0.05) is 19.4 Å². The summed E-state index contributed by atoms with van der Waals surface area (Å²) in [4.78, 5) is 25.0. The molecule has 0 aromatic carbocycles. The van der Waals surface area contributed by atoms with Crippen LogP contribution in [0.5, 0.6) is 0 Å². The van der Waals surface area contributed by atoms with E-state index >= 15 is 0 Å². The highest BCUT2D eigenvalue weighted by Gasteiger charge is 2.43. The fourth-order valence-electron chi connectivity index (χ4n) is 2.16. The van der Waals surface area contributed by atoms with E-state index in [0.29, 0.717) is 0 Å². The molecule has 0 saturated carbocycles. The molecular formula is C11H16N2O4S. The molecule has 0 aliphatic carbocycles. The second-order valence-corrected chi connectivity index (χ2v) is 4.78. The normalized spacial score (nSPS) is 31.7. The van der Waals surface area contributed by atoms with Gasteiger partial charge in [-0.2, -0.15) is 12.6 Å². The zero-order chi connectivity index (χ0) is 13.3. The molecule has 100 valence electrons. The Kier molecular flexibility index (Phi) is 3.94. The van der Waals surface area contributed by atoms with Crippen LogP contribution >= 0.6 is 12.6 Å². The van der Waals surface area contributed by atoms with Crippen LogP contribution in [0.2, 0.25) is 0 Å². The molecule has 1 saturated heterocycles. The molecule has 0 unspecified atom stereocenters. The Morgan fingerprint density at radius 3 is 2.83 bits per heavy atom. The second kappa shape index (κ2) is 5.29. The van der Waals surface area contributed by atoms with Gasteiger partial charge in [-0.25, -0.2) is 4.79 Å². The highest BCUT2D eigenvalue weighted by molar-refractivity contribution is 7.81. The number of nitrogens with one attached hydrogen (secondary N) is 1. The number of ether oxygens (including phenoxy) is 2. The number of hydrogen-bond donors (Lipinski definition) is 2. The molecule has 7 heteroatoms. The molecule has 1 aromatic heterocycles. The Labute approximate surface area is 109 Å². The molecule has 18 heavy (non-hydrogen) atoms. The predicted octanol–water partition coefficient (Wildman–Crippen LogP) is 0.157. The van der Waals surface area contributed by atoms with Crippen LogP contribution in [0.15, 0.2) is 21.9 Å². The van der Waals surface area contributed by atoms with Crippen molar-refractivity contribution in [3.8, 4) is 0 Å². The first-order valence-corrected chi connectivity index (χ1v) is 6.28. The van der Waals surface area contributed by atoms with Crippen LogP contribution in [0, 0.1) is 0 Å². The summed E-state index contributed by atoms with van der Waals surface area (Å²) in [6.07, 6.45) is 1.22. The Balaban J connectivity index is 2.38. The largest absolute Gasteiger partial charge is 0.375 e. The molecule has 0 radical (unpaired) electrons. The summed E-state index contributed by atoms with van der Waals surface area (Å²) in [6, 6.07) is 1.28. The Hall–Kier alpha value is -1.05. The van der Waals surface area contributed by atoms with E-state index in [9.17, 15) is 9.59 Å². The van der Waals surface area contributed by atoms with Crippen molar-refractivity contribution in [1.82, 2.24) is 9.55 Å². The van der Waals surface area contributed by atoms with E-state index in [1.807, 2.05) is 6.92 Å². The molecule has 1 N–H and O–H groups in total. The van der Waals surface area contributed by atoms with Gasteiger partial charge in [0.2, 0.25) is 0 Å². The minimum atomic E-state index is -0.563. The fourth-order valence-corrected chi connectivity index (χ4v) is 2.71. The number of methoxy groups -OCH3 is 1. The lowest BCUT2D eigenvalue weighted by Gasteiger charge is -2.20. The third-order valence-corrected chi connectivity index (χ3v) is 3.74. The summed E-state index contributed by atoms with van der Waals surface area (Å²) in [5.41, 5.74) is -0.940. The van der Waals surface area contributed by atoms with Crippen molar-refractivity contribution in [2.75, 3.05) is 7.11 Å².